The number of nitrogens with zero attached hydrogens (tertiary/aromatic N) is 1. The van der Waals surface area contributed by atoms with Crippen molar-refractivity contribution in [1.82, 2.24) is 4.90 Å². The Morgan fingerprint density at radius 3 is 2.12 bits per heavy atom. The molecule has 126 valence electrons. The summed E-state index contributed by atoms with van der Waals surface area (Å²) in [5.41, 5.74) is 7.93. The lowest BCUT2D eigenvalue weighted by Gasteiger charge is -2.18. The highest BCUT2D eigenvalue weighted by atomic mass is 16.5. The summed E-state index contributed by atoms with van der Waals surface area (Å²) in [7, 11) is 1.75. The van der Waals surface area contributed by atoms with Crippen molar-refractivity contribution in [2.45, 2.75) is 19.9 Å². The van der Waals surface area contributed by atoms with Crippen molar-refractivity contribution >= 4 is 11.8 Å². The first-order chi connectivity index (χ1) is 11.5. The van der Waals surface area contributed by atoms with Crippen molar-refractivity contribution in [3.05, 3.63) is 65.2 Å². The van der Waals surface area contributed by atoms with E-state index in [0.717, 1.165) is 12.0 Å². The zero-order chi connectivity index (χ0) is 17.5. The summed E-state index contributed by atoms with van der Waals surface area (Å²) in [5, 5.41) is 0. The van der Waals surface area contributed by atoms with E-state index in [-0.39, 0.29) is 12.5 Å². The largest absolute Gasteiger partial charge is 0.484 e. The van der Waals surface area contributed by atoms with Gasteiger partial charge in [-0.25, -0.2) is 0 Å². The highest BCUT2D eigenvalue weighted by Crippen LogP contribution is 2.12. The Morgan fingerprint density at radius 1 is 1.00 bits per heavy atom. The predicted octanol–water partition coefficient (Wildman–Crippen LogP) is 2.39. The van der Waals surface area contributed by atoms with Gasteiger partial charge in [0.15, 0.2) is 6.61 Å². The standard InChI is InChI=1S/C19H22N2O3/c1-3-14-4-6-15(7-5-14)12-21(2)18(22)13-24-17-10-8-16(9-11-17)19(20)23/h4-11H,3,12-13H2,1-2H3,(H2,20,23). The van der Waals surface area contributed by atoms with Crippen molar-refractivity contribution in [2.75, 3.05) is 13.7 Å². The van der Waals surface area contributed by atoms with Crippen molar-refractivity contribution in [1.29, 1.82) is 0 Å². The van der Waals surface area contributed by atoms with Crippen LogP contribution in [0.2, 0.25) is 0 Å². The molecule has 5 heteroatoms. The molecular weight excluding hydrogens is 304 g/mol. The molecule has 0 aromatic heterocycles. The fraction of sp³-hybridized carbons (Fsp3) is 0.263. The summed E-state index contributed by atoms with van der Waals surface area (Å²) in [6.07, 6.45) is 0.997. The monoisotopic (exact) mass is 326 g/mol. The summed E-state index contributed by atoms with van der Waals surface area (Å²) in [5.74, 6) is -0.0888. The van der Waals surface area contributed by atoms with Crippen LogP contribution in [0.3, 0.4) is 0 Å². The highest BCUT2D eigenvalue weighted by molar-refractivity contribution is 5.92. The molecule has 2 aromatic rings. The molecule has 0 radical (unpaired) electrons. The first-order valence-corrected chi connectivity index (χ1v) is 7.84. The molecule has 0 unspecified atom stereocenters. The lowest BCUT2D eigenvalue weighted by atomic mass is 10.1. The molecule has 5 nitrogen and oxygen atoms in total. The van der Waals surface area contributed by atoms with E-state index in [4.69, 9.17) is 10.5 Å². The number of carbonyl (C=O) groups is 2. The summed E-state index contributed by atoms with van der Waals surface area (Å²) in [4.78, 5) is 24.8. The first kappa shape index (κ1) is 17.5. The fourth-order valence-corrected chi connectivity index (χ4v) is 2.21. The second kappa shape index (κ2) is 8.15. The van der Waals surface area contributed by atoms with Gasteiger partial charge in [0, 0.05) is 19.2 Å². The van der Waals surface area contributed by atoms with E-state index in [9.17, 15) is 9.59 Å². The Kier molecular flexibility index (Phi) is 5.95. The third-order valence-electron chi connectivity index (χ3n) is 3.78. The maximum absolute atomic E-state index is 12.1. The van der Waals surface area contributed by atoms with Gasteiger partial charge in [-0.2, -0.15) is 0 Å². The summed E-state index contributed by atoms with van der Waals surface area (Å²) in [6.45, 7) is 2.59. The van der Waals surface area contributed by atoms with Crippen LogP contribution >= 0.6 is 0 Å². The third-order valence-corrected chi connectivity index (χ3v) is 3.78. The molecule has 0 saturated heterocycles. The number of primary amides is 1. The molecule has 24 heavy (non-hydrogen) atoms. The molecule has 0 heterocycles. The number of carbonyl (C=O) groups excluding carboxylic acids is 2. The van der Waals surface area contributed by atoms with Gasteiger partial charge < -0.3 is 15.4 Å². The second-order valence-electron chi connectivity index (χ2n) is 5.60. The molecule has 0 aliphatic rings. The van der Waals surface area contributed by atoms with Crippen LogP contribution in [-0.4, -0.2) is 30.4 Å². The molecule has 0 aliphatic heterocycles. The number of amides is 2. The Labute approximate surface area is 142 Å². The maximum atomic E-state index is 12.1. The average molecular weight is 326 g/mol. The zero-order valence-corrected chi connectivity index (χ0v) is 14.0. The Bertz CT molecular complexity index is 694. The van der Waals surface area contributed by atoms with Crippen LogP contribution in [-0.2, 0) is 17.8 Å². The van der Waals surface area contributed by atoms with Crippen LogP contribution in [0.25, 0.3) is 0 Å². The Morgan fingerprint density at radius 2 is 1.58 bits per heavy atom. The highest BCUT2D eigenvalue weighted by Gasteiger charge is 2.10. The average Bonchev–Trinajstić information content (AvgIpc) is 2.60. The molecule has 0 aliphatic carbocycles. The van der Waals surface area contributed by atoms with E-state index in [0.29, 0.717) is 17.9 Å². The maximum Gasteiger partial charge on any atom is 0.260 e. The van der Waals surface area contributed by atoms with Crippen molar-refractivity contribution in [3.63, 3.8) is 0 Å². The third kappa shape index (κ3) is 4.84. The van der Waals surface area contributed by atoms with Crippen LogP contribution in [0.1, 0.15) is 28.4 Å². The van der Waals surface area contributed by atoms with Crippen molar-refractivity contribution < 1.29 is 14.3 Å². The molecule has 0 saturated carbocycles. The topological polar surface area (TPSA) is 72.6 Å². The number of likely N-dealkylation sites (N-methyl/N-ethyl adjacent to an activating group) is 1. The van der Waals surface area contributed by atoms with E-state index in [1.807, 2.05) is 12.1 Å². The lowest BCUT2D eigenvalue weighted by molar-refractivity contribution is -0.132. The van der Waals surface area contributed by atoms with Gasteiger partial charge in [-0.3, -0.25) is 9.59 Å². The molecular formula is C19H22N2O3. The minimum absolute atomic E-state index is 0.0561. The minimum atomic E-state index is -0.494. The number of hydrogen-bond acceptors (Lipinski definition) is 3. The number of nitrogens with two attached hydrogens (primary N) is 1. The molecule has 2 rings (SSSR count). The molecule has 2 amide bonds. The molecule has 0 atom stereocenters. The van der Waals surface area contributed by atoms with Gasteiger partial charge in [0.25, 0.3) is 5.91 Å². The van der Waals surface area contributed by atoms with Gasteiger partial charge in [-0.1, -0.05) is 31.2 Å². The van der Waals surface area contributed by atoms with Crippen LogP contribution in [0.5, 0.6) is 5.75 Å². The summed E-state index contributed by atoms with van der Waals surface area (Å²) < 4.78 is 5.45. The number of benzene rings is 2. The SMILES string of the molecule is CCc1ccc(CN(C)C(=O)COc2ccc(C(N)=O)cc2)cc1. The van der Waals surface area contributed by atoms with E-state index in [1.165, 1.54) is 5.56 Å². The Balaban J connectivity index is 1.85. The van der Waals surface area contributed by atoms with Crippen LogP contribution in [0.15, 0.2) is 48.5 Å². The van der Waals surface area contributed by atoms with Crippen molar-refractivity contribution in [2.24, 2.45) is 5.73 Å². The van der Waals surface area contributed by atoms with Gasteiger partial charge in [0.1, 0.15) is 5.75 Å². The van der Waals surface area contributed by atoms with Gasteiger partial charge in [-0.05, 0) is 41.8 Å². The molecule has 2 aromatic carbocycles. The first-order valence-electron chi connectivity index (χ1n) is 7.84. The number of hydrogen-bond donors (Lipinski definition) is 1. The van der Waals surface area contributed by atoms with Crippen LogP contribution in [0, 0.1) is 0 Å². The molecule has 0 bridgehead atoms. The summed E-state index contributed by atoms with van der Waals surface area (Å²) in [6, 6.07) is 14.6. The van der Waals surface area contributed by atoms with Gasteiger partial charge in [-0.15, -0.1) is 0 Å². The number of rotatable bonds is 7. The zero-order valence-electron chi connectivity index (χ0n) is 14.0. The molecule has 0 spiro atoms. The smallest absolute Gasteiger partial charge is 0.260 e. The van der Waals surface area contributed by atoms with Gasteiger partial charge in [0.05, 0.1) is 0 Å². The number of aryl methyl sites for hydroxylation is 1. The predicted molar refractivity (Wildman–Crippen MR) is 92.7 cm³/mol. The van der Waals surface area contributed by atoms with E-state index in [2.05, 4.69) is 19.1 Å². The normalized spacial score (nSPS) is 10.2. The van der Waals surface area contributed by atoms with Gasteiger partial charge >= 0.3 is 0 Å². The quantitative estimate of drug-likeness (QED) is 0.849. The Hall–Kier alpha value is -2.82. The molecule has 2 N–H and O–H groups in total. The second-order valence-corrected chi connectivity index (χ2v) is 5.60. The van der Waals surface area contributed by atoms with Crippen LogP contribution < -0.4 is 10.5 Å². The van der Waals surface area contributed by atoms with Gasteiger partial charge in [0.2, 0.25) is 5.91 Å². The van der Waals surface area contributed by atoms with E-state index < -0.39 is 5.91 Å². The van der Waals surface area contributed by atoms with Crippen LogP contribution in [0.4, 0.5) is 0 Å². The van der Waals surface area contributed by atoms with E-state index in [1.54, 1.807) is 36.2 Å². The minimum Gasteiger partial charge on any atom is -0.484 e. The molecule has 0 fully saturated rings. The fourth-order valence-electron chi connectivity index (χ4n) is 2.21. The lowest BCUT2D eigenvalue weighted by Crippen LogP contribution is -2.30. The summed E-state index contributed by atoms with van der Waals surface area (Å²) >= 11 is 0. The van der Waals surface area contributed by atoms with Crippen molar-refractivity contribution in [3.8, 4) is 5.75 Å². The number of ether oxygens (including phenoxy) is 1. The van der Waals surface area contributed by atoms with E-state index >= 15 is 0 Å².